The number of fused-ring (bicyclic) bond motifs is 2. The van der Waals surface area contributed by atoms with Crippen LogP contribution in [0.1, 0.15) is 18.4 Å². The van der Waals surface area contributed by atoms with Crippen LogP contribution in [0.25, 0.3) is 22.1 Å². The molecule has 0 radical (unpaired) electrons. The average molecular weight is 492 g/mol. The molecule has 6 rings (SSSR count). The number of hydrogen-bond donors (Lipinski definition) is 2. The molecule has 10 heteroatoms. The van der Waals surface area contributed by atoms with E-state index >= 15 is 0 Å². The number of hydrogen-bond acceptors (Lipinski definition) is 9. The fraction of sp³-hybridized carbons (Fsp3) is 0.222. The number of rotatable bonds is 5. The summed E-state index contributed by atoms with van der Waals surface area (Å²) in [5.41, 5.74) is 10.6. The highest BCUT2D eigenvalue weighted by molar-refractivity contribution is 5.87. The number of ether oxygens (including phenoxy) is 1. The summed E-state index contributed by atoms with van der Waals surface area (Å²) in [6, 6.07) is 11.6. The molecule has 0 bridgehead atoms. The molecule has 0 amide bonds. The van der Waals surface area contributed by atoms with Gasteiger partial charge in [0.25, 0.3) is 0 Å². The number of aromatic nitrogens is 6. The van der Waals surface area contributed by atoms with Crippen molar-refractivity contribution in [1.29, 1.82) is 0 Å². The molecular formula is C27H25N9O. The van der Waals surface area contributed by atoms with Crippen molar-refractivity contribution in [3.63, 3.8) is 0 Å². The SMILES string of the molecule is C#Cc1cc(Nc2ncnc3cnc(N4CCC(N)CC4)nc23)ccc1Oc1ccc2c(c1)ncn2C. The maximum absolute atomic E-state index is 6.10. The molecule has 5 aromatic rings. The van der Waals surface area contributed by atoms with Gasteiger partial charge in [0.05, 0.1) is 29.1 Å². The molecule has 1 aliphatic heterocycles. The van der Waals surface area contributed by atoms with Crippen LogP contribution < -0.4 is 20.7 Å². The van der Waals surface area contributed by atoms with Gasteiger partial charge in [0.2, 0.25) is 5.95 Å². The molecule has 0 unspecified atom stereocenters. The third-order valence-electron chi connectivity index (χ3n) is 6.51. The van der Waals surface area contributed by atoms with E-state index in [4.69, 9.17) is 21.9 Å². The predicted octanol–water partition coefficient (Wildman–Crippen LogP) is 3.75. The van der Waals surface area contributed by atoms with E-state index in [2.05, 4.69) is 36.1 Å². The number of anilines is 3. The van der Waals surface area contributed by atoms with Gasteiger partial charge in [-0.2, -0.15) is 0 Å². The molecule has 2 aromatic carbocycles. The molecular weight excluding hydrogens is 466 g/mol. The average Bonchev–Trinajstić information content (AvgIpc) is 3.29. The summed E-state index contributed by atoms with van der Waals surface area (Å²) in [6.45, 7) is 1.65. The van der Waals surface area contributed by atoms with Gasteiger partial charge in [0, 0.05) is 37.9 Å². The van der Waals surface area contributed by atoms with E-state index in [9.17, 15) is 0 Å². The van der Waals surface area contributed by atoms with E-state index in [0.717, 1.165) is 42.7 Å². The van der Waals surface area contributed by atoms with Gasteiger partial charge in [-0.25, -0.2) is 24.9 Å². The maximum atomic E-state index is 6.10. The van der Waals surface area contributed by atoms with E-state index in [-0.39, 0.29) is 6.04 Å². The lowest BCUT2D eigenvalue weighted by molar-refractivity contribution is 0.482. The van der Waals surface area contributed by atoms with Crippen molar-refractivity contribution in [1.82, 2.24) is 29.5 Å². The van der Waals surface area contributed by atoms with Crippen LogP contribution in [0.15, 0.2) is 55.2 Å². The minimum atomic E-state index is 0.229. The number of aryl methyl sites for hydroxylation is 1. The van der Waals surface area contributed by atoms with Gasteiger partial charge in [-0.1, -0.05) is 5.92 Å². The van der Waals surface area contributed by atoms with Crippen molar-refractivity contribution < 1.29 is 4.74 Å². The molecule has 1 saturated heterocycles. The second-order valence-corrected chi connectivity index (χ2v) is 9.04. The number of terminal acetylenes is 1. The summed E-state index contributed by atoms with van der Waals surface area (Å²) < 4.78 is 8.06. The Morgan fingerprint density at radius 1 is 1.05 bits per heavy atom. The summed E-state index contributed by atoms with van der Waals surface area (Å²) in [5, 5.41) is 3.33. The molecule has 37 heavy (non-hydrogen) atoms. The monoisotopic (exact) mass is 491 g/mol. The zero-order chi connectivity index (χ0) is 25.4. The van der Waals surface area contributed by atoms with E-state index in [1.165, 1.54) is 6.33 Å². The first-order chi connectivity index (χ1) is 18.1. The highest BCUT2D eigenvalue weighted by atomic mass is 16.5. The van der Waals surface area contributed by atoms with Crippen LogP contribution in [0, 0.1) is 12.3 Å². The third kappa shape index (κ3) is 4.48. The van der Waals surface area contributed by atoms with Crippen LogP contribution in [0.2, 0.25) is 0 Å². The smallest absolute Gasteiger partial charge is 0.226 e. The Hall–Kier alpha value is -4.75. The molecule has 0 atom stereocenters. The van der Waals surface area contributed by atoms with E-state index in [1.54, 1.807) is 12.5 Å². The molecule has 3 N–H and O–H groups in total. The first kappa shape index (κ1) is 22.7. The third-order valence-corrected chi connectivity index (χ3v) is 6.51. The van der Waals surface area contributed by atoms with Crippen molar-refractivity contribution in [3.8, 4) is 23.8 Å². The highest BCUT2D eigenvalue weighted by Gasteiger charge is 2.19. The van der Waals surface area contributed by atoms with Crippen LogP contribution in [-0.4, -0.2) is 48.6 Å². The van der Waals surface area contributed by atoms with Crippen LogP contribution in [0.3, 0.4) is 0 Å². The van der Waals surface area contributed by atoms with E-state index < -0.39 is 0 Å². The van der Waals surface area contributed by atoms with Crippen LogP contribution in [-0.2, 0) is 7.05 Å². The first-order valence-corrected chi connectivity index (χ1v) is 12.0. The molecule has 4 heterocycles. The van der Waals surface area contributed by atoms with Gasteiger partial charge < -0.3 is 25.3 Å². The quantitative estimate of drug-likeness (QED) is 0.354. The molecule has 1 fully saturated rings. The van der Waals surface area contributed by atoms with E-state index in [0.29, 0.717) is 39.9 Å². The molecule has 1 aliphatic rings. The number of benzene rings is 2. The van der Waals surface area contributed by atoms with Gasteiger partial charge in [-0.05, 0) is 43.2 Å². The fourth-order valence-electron chi connectivity index (χ4n) is 4.44. The van der Waals surface area contributed by atoms with Crippen molar-refractivity contribution in [2.24, 2.45) is 12.8 Å². The number of imidazole rings is 1. The van der Waals surface area contributed by atoms with Gasteiger partial charge in [0.1, 0.15) is 28.9 Å². The lowest BCUT2D eigenvalue weighted by Crippen LogP contribution is -2.40. The lowest BCUT2D eigenvalue weighted by atomic mass is 10.1. The summed E-state index contributed by atoms with van der Waals surface area (Å²) >= 11 is 0. The Morgan fingerprint density at radius 2 is 1.92 bits per heavy atom. The molecule has 3 aromatic heterocycles. The van der Waals surface area contributed by atoms with Crippen LogP contribution in [0.4, 0.5) is 17.5 Å². The molecule has 0 spiro atoms. The fourth-order valence-corrected chi connectivity index (χ4v) is 4.44. The van der Waals surface area contributed by atoms with Crippen molar-refractivity contribution in [2.75, 3.05) is 23.3 Å². The summed E-state index contributed by atoms with van der Waals surface area (Å²) in [7, 11) is 1.95. The van der Waals surface area contributed by atoms with Gasteiger partial charge in [-0.15, -0.1) is 6.42 Å². The number of nitrogens with one attached hydrogen (secondary N) is 1. The topological polar surface area (TPSA) is 120 Å². The summed E-state index contributed by atoms with van der Waals surface area (Å²) in [5.74, 6) is 5.17. The van der Waals surface area contributed by atoms with Gasteiger partial charge >= 0.3 is 0 Å². The van der Waals surface area contributed by atoms with Crippen LogP contribution in [0.5, 0.6) is 11.5 Å². The minimum Gasteiger partial charge on any atom is -0.456 e. The molecule has 10 nitrogen and oxygen atoms in total. The number of nitrogens with zero attached hydrogens (tertiary/aromatic N) is 7. The minimum absolute atomic E-state index is 0.229. The summed E-state index contributed by atoms with van der Waals surface area (Å²) in [6.07, 6.45) is 12.6. The maximum Gasteiger partial charge on any atom is 0.226 e. The second-order valence-electron chi connectivity index (χ2n) is 9.04. The Labute approximate surface area is 213 Å². The zero-order valence-electron chi connectivity index (χ0n) is 20.3. The highest BCUT2D eigenvalue weighted by Crippen LogP contribution is 2.31. The van der Waals surface area contributed by atoms with Crippen molar-refractivity contribution in [2.45, 2.75) is 18.9 Å². The largest absolute Gasteiger partial charge is 0.456 e. The van der Waals surface area contributed by atoms with E-state index in [1.807, 2.05) is 48.0 Å². The number of piperidine rings is 1. The second kappa shape index (κ2) is 9.37. The predicted molar refractivity (Wildman–Crippen MR) is 143 cm³/mol. The van der Waals surface area contributed by atoms with Crippen molar-refractivity contribution >= 4 is 39.5 Å². The molecule has 0 aliphatic carbocycles. The Morgan fingerprint density at radius 3 is 2.76 bits per heavy atom. The lowest BCUT2D eigenvalue weighted by Gasteiger charge is -2.30. The Balaban J connectivity index is 1.27. The molecule has 184 valence electrons. The molecule has 0 saturated carbocycles. The zero-order valence-corrected chi connectivity index (χ0v) is 20.3. The van der Waals surface area contributed by atoms with Crippen molar-refractivity contribution in [3.05, 3.63) is 60.8 Å². The van der Waals surface area contributed by atoms with Gasteiger partial charge in [0.15, 0.2) is 5.82 Å². The summed E-state index contributed by atoms with van der Waals surface area (Å²) in [4.78, 5) is 24.6. The van der Waals surface area contributed by atoms with Crippen LogP contribution >= 0.6 is 0 Å². The Kier molecular flexibility index (Phi) is 5.75. The Bertz CT molecular complexity index is 1650. The standard InChI is InChI=1S/C27H25N9O/c1-3-17-12-19(4-7-24(17)37-20-5-6-23-21(13-20)32-16-35(23)2)33-26-25-22(30-15-31-26)14-29-27(34-25)36-10-8-18(28)9-11-36/h1,4-7,12-16,18H,8-11,28H2,2H3,(H,30,31,33). The number of nitrogens with two attached hydrogens (primary N) is 1. The first-order valence-electron chi connectivity index (χ1n) is 12.0. The normalized spacial score (nSPS) is 14.1. The van der Waals surface area contributed by atoms with Gasteiger partial charge in [-0.3, -0.25) is 0 Å².